The van der Waals surface area contributed by atoms with E-state index in [0.29, 0.717) is 11.4 Å². The molecule has 0 aliphatic rings. The molecule has 3 rings (SSSR count). The van der Waals surface area contributed by atoms with Crippen molar-refractivity contribution in [3.63, 3.8) is 0 Å². The predicted octanol–water partition coefficient (Wildman–Crippen LogP) is 2.05. The number of carbonyl (C=O) groups excluding carboxylic acids is 2. The SMILES string of the molecule is Cc1cc(=O)c(C(=O)NCC(=O)Nc2ccccc2)nn1-c1ccccc1F. The van der Waals surface area contributed by atoms with Gasteiger partial charge in [0.2, 0.25) is 11.3 Å². The maximum absolute atomic E-state index is 14.1. The summed E-state index contributed by atoms with van der Waals surface area (Å²) < 4.78 is 15.2. The standard InChI is InChI=1S/C20H17FN4O3/c1-13-11-17(26)19(24-25(13)16-10-6-5-9-15(16)21)20(28)22-12-18(27)23-14-7-3-2-4-8-14/h2-11H,12H2,1H3,(H,22,28)(H,23,27). The van der Waals surface area contributed by atoms with Crippen LogP contribution in [0.2, 0.25) is 0 Å². The molecule has 28 heavy (non-hydrogen) atoms. The number of hydrogen-bond acceptors (Lipinski definition) is 4. The van der Waals surface area contributed by atoms with E-state index in [9.17, 15) is 18.8 Å². The number of nitrogens with zero attached hydrogens (tertiary/aromatic N) is 2. The molecule has 0 unspecified atom stereocenters. The number of nitrogens with one attached hydrogen (secondary N) is 2. The molecule has 1 aromatic heterocycles. The molecule has 0 aliphatic heterocycles. The molecule has 0 atom stereocenters. The normalized spacial score (nSPS) is 10.4. The average molecular weight is 380 g/mol. The molecule has 0 aliphatic carbocycles. The van der Waals surface area contributed by atoms with Gasteiger partial charge in [-0.3, -0.25) is 14.4 Å². The summed E-state index contributed by atoms with van der Waals surface area (Å²) in [5, 5.41) is 8.95. The van der Waals surface area contributed by atoms with Gasteiger partial charge in [-0.05, 0) is 31.2 Å². The zero-order valence-corrected chi connectivity index (χ0v) is 15.0. The van der Waals surface area contributed by atoms with Crippen LogP contribution in [0.5, 0.6) is 0 Å². The van der Waals surface area contributed by atoms with E-state index < -0.39 is 28.8 Å². The summed E-state index contributed by atoms with van der Waals surface area (Å²) in [6, 6.07) is 15.8. The van der Waals surface area contributed by atoms with Crippen molar-refractivity contribution in [2.24, 2.45) is 0 Å². The van der Waals surface area contributed by atoms with Gasteiger partial charge in [0.25, 0.3) is 5.91 Å². The number of aromatic nitrogens is 2. The molecule has 142 valence electrons. The molecule has 0 bridgehead atoms. The van der Waals surface area contributed by atoms with Gasteiger partial charge in [-0.2, -0.15) is 5.10 Å². The minimum atomic E-state index is -0.821. The lowest BCUT2D eigenvalue weighted by Gasteiger charge is -2.12. The summed E-state index contributed by atoms with van der Waals surface area (Å²) in [7, 11) is 0. The zero-order valence-electron chi connectivity index (χ0n) is 15.0. The van der Waals surface area contributed by atoms with Crippen LogP contribution in [0.1, 0.15) is 16.2 Å². The number of halogens is 1. The second kappa shape index (κ2) is 8.26. The average Bonchev–Trinajstić information content (AvgIpc) is 2.68. The van der Waals surface area contributed by atoms with E-state index in [-0.39, 0.29) is 12.2 Å². The Hall–Kier alpha value is -3.81. The first-order valence-electron chi connectivity index (χ1n) is 8.44. The van der Waals surface area contributed by atoms with Gasteiger partial charge >= 0.3 is 0 Å². The lowest BCUT2D eigenvalue weighted by Crippen LogP contribution is -2.37. The number of para-hydroxylation sites is 2. The van der Waals surface area contributed by atoms with E-state index in [2.05, 4.69) is 15.7 Å². The molecule has 7 nitrogen and oxygen atoms in total. The Kier molecular flexibility index (Phi) is 5.59. The summed E-state index contributed by atoms with van der Waals surface area (Å²) in [4.78, 5) is 36.4. The van der Waals surface area contributed by atoms with Crippen molar-refractivity contribution in [2.75, 3.05) is 11.9 Å². The van der Waals surface area contributed by atoms with E-state index in [1.165, 1.54) is 28.9 Å². The fraction of sp³-hybridized carbons (Fsp3) is 0.100. The molecule has 0 fully saturated rings. The van der Waals surface area contributed by atoms with Crippen molar-refractivity contribution < 1.29 is 14.0 Å². The van der Waals surface area contributed by atoms with Gasteiger partial charge in [-0.25, -0.2) is 9.07 Å². The fourth-order valence-electron chi connectivity index (χ4n) is 2.54. The van der Waals surface area contributed by atoms with Gasteiger partial charge in [-0.1, -0.05) is 30.3 Å². The summed E-state index contributed by atoms with van der Waals surface area (Å²) in [5.74, 6) is -1.82. The van der Waals surface area contributed by atoms with Crippen molar-refractivity contribution in [3.05, 3.63) is 88.1 Å². The van der Waals surface area contributed by atoms with Gasteiger partial charge in [-0.15, -0.1) is 0 Å². The lowest BCUT2D eigenvalue weighted by atomic mass is 10.2. The van der Waals surface area contributed by atoms with Crippen LogP contribution in [0.15, 0.2) is 65.5 Å². The summed E-state index contributed by atoms with van der Waals surface area (Å²) in [6.45, 7) is 1.23. The second-order valence-corrected chi connectivity index (χ2v) is 5.96. The summed E-state index contributed by atoms with van der Waals surface area (Å²) in [6.07, 6.45) is 0. The summed E-state index contributed by atoms with van der Waals surface area (Å²) in [5.41, 5.74) is 0.00822. The van der Waals surface area contributed by atoms with E-state index >= 15 is 0 Å². The Labute approximate surface area is 159 Å². The second-order valence-electron chi connectivity index (χ2n) is 5.96. The molecular formula is C20H17FN4O3. The molecule has 2 aromatic carbocycles. The predicted molar refractivity (Wildman–Crippen MR) is 102 cm³/mol. The topological polar surface area (TPSA) is 93.1 Å². The highest BCUT2D eigenvalue weighted by Gasteiger charge is 2.17. The van der Waals surface area contributed by atoms with Crippen LogP contribution in [0.4, 0.5) is 10.1 Å². The monoisotopic (exact) mass is 380 g/mol. The number of carbonyl (C=O) groups is 2. The highest BCUT2D eigenvalue weighted by Crippen LogP contribution is 2.13. The first-order chi connectivity index (χ1) is 13.5. The van der Waals surface area contributed by atoms with Gasteiger partial charge in [0, 0.05) is 17.4 Å². The maximum Gasteiger partial charge on any atom is 0.276 e. The minimum absolute atomic E-state index is 0.107. The number of benzene rings is 2. The molecule has 0 spiro atoms. The zero-order chi connectivity index (χ0) is 20.1. The summed E-state index contributed by atoms with van der Waals surface area (Å²) >= 11 is 0. The molecule has 1 heterocycles. The highest BCUT2D eigenvalue weighted by atomic mass is 19.1. The van der Waals surface area contributed by atoms with E-state index in [0.717, 1.165) is 0 Å². The minimum Gasteiger partial charge on any atom is -0.341 e. The van der Waals surface area contributed by atoms with E-state index in [4.69, 9.17) is 0 Å². The molecule has 0 saturated heterocycles. The van der Waals surface area contributed by atoms with Crippen LogP contribution in [0.25, 0.3) is 5.69 Å². The van der Waals surface area contributed by atoms with Crippen LogP contribution in [0.3, 0.4) is 0 Å². The first kappa shape index (κ1) is 19.0. The maximum atomic E-state index is 14.1. The number of aryl methyl sites for hydroxylation is 1. The van der Waals surface area contributed by atoms with Crippen molar-refractivity contribution in [2.45, 2.75) is 6.92 Å². The Morgan fingerprint density at radius 1 is 1.07 bits per heavy atom. The smallest absolute Gasteiger partial charge is 0.276 e. The molecule has 3 aromatic rings. The van der Waals surface area contributed by atoms with Crippen LogP contribution in [-0.4, -0.2) is 28.1 Å². The third-order valence-corrected chi connectivity index (χ3v) is 3.87. The molecule has 0 radical (unpaired) electrons. The first-order valence-corrected chi connectivity index (χ1v) is 8.44. The number of amides is 2. The third-order valence-electron chi connectivity index (χ3n) is 3.87. The van der Waals surface area contributed by atoms with Crippen molar-refractivity contribution in [1.29, 1.82) is 0 Å². The molecule has 8 heteroatoms. The molecule has 2 N–H and O–H groups in total. The Morgan fingerprint density at radius 3 is 2.46 bits per heavy atom. The molecule has 0 saturated carbocycles. The van der Waals surface area contributed by atoms with Gasteiger partial charge in [0.15, 0.2) is 5.69 Å². The van der Waals surface area contributed by atoms with Gasteiger partial charge in [0.1, 0.15) is 11.5 Å². The number of rotatable bonds is 5. The van der Waals surface area contributed by atoms with Crippen molar-refractivity contribution >= 4 is 17.5 Å². The van der Waals surface area contributed by atoms with E-state index in [1.54, 1.807) is 43.3 Å². The lowest BCUT2D eigenvalue weighted by molar-refractivity contribution is -0.115. The van der Waals surface area contributed by atoms with Crippen LogP contribution in [0, 0.1) is 12.7 Å². The van der Waals surface area contributed by atoms with Crippen LogP contribution >= 0.6 is 0 Å². The van der Waals surface area contributed by atoms with Gasteiger partial charge < -0.3 is 10.6 Å². The third kappa shape index (κ3) is 4.29. The van der Waals surface area contributed by atoms with Crippen LogP contribution < -0.4 is 16.1 Å². The van der Waals surface area contributed by atoms with Gasteiger partial charge in [0.05, 0.1) is 6.54 Å². The van der Waals surface area contributed by atoms with Crippen molar-refractivity contribution in [3.8, 4) is 5.69 Å². The largest absolute Gasteiger partial charge is 0.341 e. The molecule has 2 amide bonds. The Morgan fingerprint density at radius 2 is 1.75 bits per heavy atom. The van der Waals surface area contributed by atoms with E-state index in [1.807, 2.05) is 0 Å². The quantitative estimate of drug-likeness (QED) is 0.709. The number of anilines is 1. The van der Waals surface area contributed by atoms with Crippen molar-refractivity contribution in [1.82, 2.24) is 15.1 Å². The van der Waals surface area contributed by atoms with Crippen LogP contribution in [-0.2, 0) is 4.79 Å². The Balaban J connectivity index is 1.76. The number of hydrogen-bond donors (Lipinski definition) is 2. The molecular weight excluding hydrogens is 363 g/mol. The highest BCUT2D eigenvalue weighted by molar-refractivity contribution is 5.98. The fourth-order valence-corrected chi connectivity index (χ4v) is 2.54. The Bertz CT molecular complexity index is 1080.